The lowest BCUT2D eigenvalue weighted by Crippen LogP contribution is -2.19. The van der Waals surface area contributed by atoms with Crippen molar-refractivity contribution >= 4 is 51.3 Å². The first-order chi connectivity index (χ1) is 14.9. The van der Waals surface area contributed by atoms with Crippen LogP contribution in [0, 0.1) is 0 Å². The molecule has 0 fully saturated rings. The zero-order valence-electron chi connectivity index (χ0n) is 17.6. The number of thiophene rings is 2. The van der Waals surface area contributed by atoms with Gasteiger partial charge in [-0.15, -0.1) is 32.9 Å². The number of anilines is 1. The summed E-state index contributed by atoms with van der Waals surface area (Å²) in [4.78, 5) is 27.7. The molecule has 4 rings (SSSR count). The molecule has 0 radical (unpaired) electrons. The van der Waals surface area contributed by atoms with Crippen molar-refractivity contribution in [2.24, 2.45) is 7.05 Å². The van der Waals surface area contributed by atoms with E-state index in [1.165, 1.54) is 28.0 Å². The summed E-state index contributed by atoms with van der Waals surface area (Å²) < 4.78 is 7.34. The fourth-order valence-electron chi connectivity index (χ4n) is 3.50. The van der Waals surface area contributed by atoms with Crippen molar-refractivity contribution in [1.29, 1.82) is 0 Å². The van der Waals surface area contributed by atoms with E-state index in [4.69, 9.17) is 4.74 Å². The smallest absolute Gasteiger partial charge is 0.341 e. The van der Waals surface area contributed by atoms with Crippen molar-refractivity contribution in [3.63, 3.8) is 0 Å². The van der Waals surface area contributed by atoms with Gasteiger partial charge in [0.25, 0.3) is 0 Å². The molecule has 1 N–H and O–H groups in total. The monoisotopic (exact) mass is 476 g/mol. The first-order valence-corrected chi connectivity index (χ1v) is 12.8. The van der Waals surface area contributed by atoms with E-state index >= 15 is 0 Å². The lowest BCUT2D eigenvalue weighted by Gasteiger charge is -2.14. The Morgan fingerprint density at radius 1 is 1.29 bits per heavy atom. The SMILES string of the molecule is CC(C)OC(=O)c1c(NC(=O)CSc2nnc(-c3cccs3)n2C)sc2c1CCCC2. The number of nitrogens with one attached hydrogen (secondary N) is 1. The van der Waals surface area contributed by atoms with Crippen LogP contribution in [-0.2, 0) is 29.4 Å². The molecule has 0 spiro atoms. The summed E-state index contributed by atoms with van der Waals surface area (Å²) in [7, 11) is 1.89. The molecule has 0 saturated carbocycles. The van der Waals surface area contributed by atoms with Crippen LogP contribution in [0.5, 0.6) is 0 Å². The van der Waals surface area contributed by atoms with Crippen molar-refractivity contribution in [1.82, 2.24) is 14.8 Å². The third-order valence-electron chi connectivity index (χ3n) is 4.88. The van der Waals surface area contributed by atoms with Gasteiger partial charge in [-0.3, -0.25) is 4.79 Å². The number of esters is 1. The molecule has 164 valence electrons. The third-order valence-corrected chi connectivity index (χ3v) is 7.97. The van der Waals surface area contributed by atoms with Crippen molar-refractivity contribution in [2.45, 2.75) is 50.8 Å². The van der Waals surface area contributed by atoms with Gasteiger partial charge < -0.3 is 14.6 Å². The van der Waals surface area contributed by atoms with Crippen molar-refractivity contribution in [3.05, 3.63) is 33.5 Å². The van der Waals surface area contributed by atoms with E-state index in [9.17, 15) is 9.59 Å². The number of aromatic nitrogens is 3. The van der Waals surface area contributed by atoms with Gasteiger partial charge >= 0.3 is 5.97 Å². The van der Waals surface area contributed by atoms with E-state index in [0.29, 0.717) is 15.7 Å². The number of thioether (sulfide) groups is 1. The summed E-state index contributed by atoms with van der Waals surface area (Å²) in [6.45, 7) is 3.66. The normalized spacial score (nSPS) is 13.3. The Balaban J connectivity index is 1.46. The highest BCUT2D eigenvalue weighted by atomic mass is 32.2. The summed E-state index contributed by atoms with van der Waals surface area (Å²) >= 11 is 4.42. The Morgan fingerprint density at radius 2 is 2.10 bits per heavy atom. The number of nitrogens with zero attached hydrogens (tertiary/aromatic N) is 3. The van der Waals surface area contributed by atoms with Gasteiger partial charge in [0.1, 0.15) is 5.00 Å². The Bertz CT molecular complexity index is 1090. The van der Waals surface area contributed by atoms with Crippen LogP contribution in [0.15, 0.2) is 22.7 Å². The summed E-state index contributed by atoms with van der Waals surface area (Å²) in [5, 5.41) is 14.7. The maximum atomic E-state index is 12.7. The molecule has 0 unspecified atom stereocenters. The Labute approximate surface area is 193 Å². The lowest BCUT2D eigenvalue weighted by molar-refractivity contribution is -0.113. The van der Waals surface area contributed by atoms with E-state index in [1.54, 1.807) is 11.3 Å². The molecule has 31 heavy (non-hydrogen) atoms. The molecule has 0 aromatic carbocycles. The predicted molar refractivity (Wildman–Crippen MR) is 125 cm³/mol. The minimum absolute atomic E-state index is 0.178. The number of carbonyl (C=O) groups excluding carboxylic acids is 2. The van der Waals surface area contributed by atoms with Crippen molar-refractivity contribution in [3.8, 4) is 10.7 Å². The van der Waals surface area contributed by atoms with Gasteiger partial charge in [0.05, 0.1) is 22.3 Å². The van der Waals surface area contributed by atoms with Gasteiger partial charge in [0, 0.05) is 11.9 Å². The van der Waals surface area contributed by atoms with E-state index in [1.807, 2.05) is 43.0 Å². The first-order valence-electron chi connectivity index (χ1n) is 10.2. The number of fused-ring (bicyclic) bond motifs is 1. The largest absolute Gasteiger partial charge is 0.459 e. The average molecular weight is 477 g/mol. The molecule has 0 bridgehead atoms. The molecule has 10 heteroatoms. The molecule has 1 aliphatic rings. The summed E-state index contributed by atoms with van der Waals surface area (Å²) in [6.07, 6.45) is 3.74. The highest BCUT2D eigenvalue weighted by molar-refractivity contribution is 7.99. The third kappa shape index (κ3) is 4.86. The minimum Gasteiger partial charge on any atom is -0.459 e. The van der Waals surface area contributed by atoms with E-state index < -0.39 is 0 Å². The van der Waals surface area contributed by atoms with Gasteiger partial charge in [-0.1, -0.05) is 17.8 Å². The number of hydrogen-bond donors (Lipinski definition) is 1. The van der Waals surface area contributed by atoms with Crippen LogP contribution in [0.25, 0.3) is 10.7 Å². The zero-order valence-corrected chi connectivity index (χ0v) is 20.1. The second-order valence-corrected chi connectivity index (χ2v) is 10.5. The van der Waals surface area contributed by atoms with Crippen LogP contribution < -0.4 is 5.32 Å². The maximum absolute atomic E-state index is 12.7. The van der Waals surface area contributed by atoms with Gasteiger partial charge in [0.2, 0.25) is 5.91 Å². The lowest BCUT2D eigenvalue weighted by atomic mass is 9.95. The quantitative estimate of drug-likeness (QED) is 0.390. The highest BCUT2D eigenvalue weighted by Crippen LogP contribution is 2.39. The molecule has 7 nitrogen and oxygen atoms in total. The second kappa shape index (κ2) is 9.54. The molecule has 3 aromatic rings. The van der Waals surface area contributed by atoms with Crippen LogP contribution in [0.1, 0.15) is 47.5 Å². The molecule has 3 aromatic heterocycles. The first kappa shape index (κ1) is 22.0. The highest BCUT2D eigenvalue weighted by Gasteiger charge is 2.28. The van der Waals surface area contributed by atoms with Gasteiger partial charge in [-0.25, -0.2) is 4.79 Å². The molecular weight excluding hydrogens is 452 g/mol. The minimum atomic E-state index is -0.355. The van der Waals surface area contributed by atoms with Crippen LogP contribution in [-0.4, -0.2) is 38.5 Å². The summed E-state index contributed by atoms with van der Waals surface area (Å²) in [5.74, 6) is 0.425. The molecule has 1 aliphatic carbocycles. The van der Waals surface area contributed by atoms with Crippen LogP contribution >= 0.6 is 34.4 Å². The van der Waals surface area contributed by atoms with Crippen molar-refractivity contribution < 1.29 is 14.3 Å². The van der Waals surface area contributed by atoms with Gasteiger partial charge in [-0.05, 0) is 56.5 Å². The Kier molecular flexibility index (Phi) is 6.78. The maximum Gasteiger partial charge on any atom is 0.341 e. The topological polar surface area (TPSA) is 86.1 Å². The Morgan fingerprint density at radius 3 is 2.84 bits per heavy atom. The number of ether oxygens (including phenoxy) is 1. The van der Waals surface area contributed by atoms with Crippen LogP contribution in [0.4, 0.5) is 5.00 Å². The van der Waals surface area contributed by atoms with E-state index in [0.717, 1.165) is 41.9 Å². The molecule has 0 saturated heterocycles. The fraction of sp³-hybridized carbons (Fsp3) is 0.429. The van der Waals surface area contributed by atoms with Gasteiger partial charge in [-0.2, -0.15) is 0 Å². The number of rotatable bonds is 7. The zero-order chi connectivity index (χ0) is 22.0. The summed E-state index contributed by atoms with van der Waals surface area (Å²) in [6, 6.07) is 3.96. The number of aryl methyl sites for hydroxylation is 1. The predicted octanol–water partition coefficient (Wildman–Crippen LogP) is 4.78. The molecule has 1 amide bonds. The molecule has 0 atom stereocenters. The van der Waals surface area contributed by atoms with E-state index in [2.05, 4.69) is 15.5 Å². The fourth-order valence-corrected chi connectivity index (χ4v) is 6.25. The van der Waals surface area contributed by atoms with Crippen LogP contribution in [0.3, 0.4) is 0 Å². The number of carbonyl (C=O) groups is 2. The van der Waals surface area contributed by atoms with Gasteiger partial charge in [0.15, 0.2) is 11.0 Å². The average Bonchev–Trinajstić information content (AvgIpc) is 3.44. The molecule has 3 heterocycles. The van der Waals surface area contributed by atoms with E-state index in [-0.39, 0.29) is 23.7 Å². The standard InChI is InChI=1S/C21H24N4O3S3/c1-12(2)28-20(27)17-13-7-4-5-8-14(13)31-19(17)22-16(26)11-30-21-24-23-18(25(21)3)15-9-6-10-29-15/h6,9-10,12H,4-5,7-8,11H2,1-3H3,(H,22,26). The number of amides is 1. The molecular formula is C21H24N4O3S3. The Hall–Kier alpha value is -2.17. The number of hydrogen-bond acceptors (Lipinski definition) is 8. The van der Waals surface area contributed by atoms with Crippen LogP contribution in [0.2, 0.25) is 0 Å². The summed E-state index contributed by atoms with van der Waals surface area (Å²) in [5.41, 5.74) is 1.57. The molecule has 0 aliphatic heterocycles. The second-order valence-electron chi connectivity index (χ2n) is 7.55. The van der Waals surface area contributed by atoms with Crippen molar-refractivity contribution in [2.75, 3.05) is 11.1 Å².